The summed E-state index contributed by atoms with van der Waals surface area (Å²) in [5.74, 6) is 0. The number of nitrogens with zero attached hydrogens (tertiary/aromatic N) is 5. The first-order valence-corrected chi connectivity index (χ1v) is 10.9. The average Bonchev–Trinajstić information content (AvgIpc) is 2.77. The number of anilines is 1. The van der Waals surface area contributed by atoms with Gasteiger partial charge in [0.1, 0.15) is 17.0 Å². The van der Waals surface area contributed by atoms with Crippen molar-refractivity contribution < 1.29 is 8.42 Å². The molecule has 4 rings (SSSR count). The molecule has 0 spiro atoms. The number of para-hydroxylation sites is 2. The number of hydrogen-bond donors (Lipinski definition) is 0. The Morgan fingerprint density at radius 3 is 2.23 bits per heavy atom. The third-order valence-electron chi connectivity index (χ3n) is 5.26. The molecule has 0 atom stereocenters. The first-order chi connectivity index (χ1) is 14.5. The van der Waals surface area contributed by atoms with Crippen LogP contribution < -0.4 is 4.90 Å². The molecule has 0 aliphatic carbocycles. The smallest absolute Gasteiger partial charge is 0.245 e. The number of aromatic nitrogens is 1. The topological polar surface area (TPSA) is 101 Å². The quantitative estimate of drug-likeness (QED) is 0.649. The van der Waals surface area contributed by atoms with Crippen LogP contribution in [0.15, 0.2) is 53.6 Å². The highest BCUT2D eigenvalue weighted by atomic mass is 32.2. The summed E-state index contributed by atoms with van der Waals surface area (Å²) in [5, 5.41) is 19.6. The van der Waals surface area contributed by atoms with Gasteiger partial charge in [0, 0.05) is 37.8 Å². The van der Waals surface area contributed by atoms with Crippen molar-refractivity contribution in [2.75, 3.05) is 31.1 Å². The second-order valence-electron chi connectivity index (χ2n) is 7.16. The van der Waals surface area contributed by atoms with Crippen molar-refractivity contribution in [1.82, 2.24) is 9.29 Å². The van der Waals surface area contributed by atoms with Gasteiger partial charge in [-0.25, -0.2) is 8.42 Å². The zero-order chi connectivity index (χ0) is 21.3. The van der Waals surface area contributed by atoms with E-state index in [0.717, 1.165) is 10.9 Å². The number of sulfonamides is 1. The predicted octanol–water partition coefficient (Wildman–Crippen LogP) is 2.80. The standard InChI is InChI=1S/C22H19N5O2S/c1-16-12-17-4-3-7-20(21(17)25-15-16)30(28,29)27-10-8-26(9-11-27)22-18(13-23)5-2-6-19(22)14-24/h2-7,12,15H,8-11H2,1H3. The minimum absolute atomic E-state index is 0.198. The van der Waals surface area contributed by atoms with Crippen LogP contribution in [0.1, 0.15) is 16.7 Å². The van der Waals surface area contributed by atoms with E-state index in [1.165, 1.54) is 4.31 Å². The molecule has 0 saturated carbocycles. The second-order valence-corrected chi connectivity index (χ2v) is 9.06. The van der Waals surface area contributed by atoms with Gasteiger partial charge in [-0.3, -0.25) is 4.98 Å². The summed E-state index contributed by atoms with van der Waals surface area (Å²) in [6, 6.07) is 16.4. The fourth-order valence-corrected chi connectivity index (χ4v) is 5.39. The zero-order valence-electron chi connectivity index (χ0n) is 16.4. The molecule has 1 fully saturated rings. The number of rotatable bonds is 3. The highest BCUT2D eigenvalue weighted by Crippen LogP contribution is 2.29. The van der Waals surface area contributed by atoms with E-state index in [4.69, 9.17) is 0 Å². The van der Waals surface area contributed by atoms with E-state index >= 15 is 0 Å². The molecule has 2 aromatic carbocycles. The van der Waals surface area contributed by atoms with Gasteiger partial charge in [0.2, 0.25) is 10.0 Å². The Morgan fingerprint density at radius 1 is 0.967 bits per heavy atom. The Balaban J connectivity index is 1.63. The minimum Gasteiger partial charge on any atom is -0.367 e. The third kappa shape index (κ3) is 3.37. The van der Waals surface area contributed by atoms with E-state index in [2.05, 4.69) is 17.1 Å². The van der Waals surface area contributed by atoms with Crippen molar-refractivity contribution in [3.05, 3.63) is 65.4 Å². The van der Waals surface area contributed by atoms with E-state index in [1.54, 1.807) is 36.5 Å². The number of fused-ring (bicyclic) bond motifs is 1. The molecule has 0 amide bonds. The maximum atomic E-state index is 13.3. The van der Waals surface area contributed by atoms with Crippen molar-refractivity contribution >= 4 is 26.6 Å². The molecule has 0 radical (unpaired) electrons. The fraction of sp³-hybridized carbons (Fsp3) is 0.227. The number of pyridine rings is 1. The summed E-state index contributed by atoms with van der Waals surface area (Å²) in [4.78, 5) is 6.47. The molecule has 1 aliphatic rings. The van der Waals surface area contributed by atoms with E-state index in [0.29, 0.717) is 35.4 Å². The second kappa shape index (κ2) is 7.75. The number of nitriles is 2. The van der Waals surface area contributed by atoms with Gasteiger partial charge in [0.25, 0.3) is 0 Å². The van der Waals surface area contributed by atoms with E-state index < -0.39 is 10.0 Å². The lowest BCUT2D eigenvalue weighted by Gasteiger charge is -2.36. The van der Waals surface area contributed by atoms with Crippen LogP contribution in [0.25, 0.3) is 10.9 Å². The Morgan fingerprint density at radius 2 is 1.60 bits per heavy atom. The van der Waals surface area contributed by atoms with Gasteiger partial charge in [-0.05, 0) is 36.8 Å². The molecule has 2 heterocycles. The molecule has 0 N–H and O–H groups in total. The van der Waals surface area contributed by atoms with Crippen LogP contribution in [0, 0.1) is 29.6 Å². The summed E-state index contributed by atoms with van der Waals surface area (Å²) >= 11 is 0. The number of piperazine rings is 1. The van der Waals surface area contributed by atoms with Gasteiger partial charge in [-0.15, -0.1) is 0 Å². The van der Waals surface area contributed by atoms with E-state index in [1.807, 2.05) is 24.0 Å². The fourth-order valence-electron chi connectivity index (χ4n) is 3.81. The lowest BCUT2D eigenvalue weighted by molar-refractivity contribution is 0.385. The first kappa shape index (κ1) is 19.8. The van der Waals surface area contributed by atoms with Crippen LogP contribution in [-0.4, -0.2) is 43.9 Å². The molecule has 0 unspecified atom stereocenters. The Kier molecular flexibility index (Phi) is 5.13. The molecule has 1 aliphatic heterocycles. The lowest BCUT2D eigenvalue weighted by atomic mass is 10.1. The van der Waals surface area contributed by atoms with Crippen LogP contribution in [0.2, 0.25) is 0 Å². The highest BCUT2D eigenvalue weighted by molar-refractivity contribution is 7.89. The Bertz CT molecular complexity index is 1280. The number of aryl methyl sites for hydroxylation is 1. The van der Waals surface area contributed by atoms with Crippen molar-refractivity contribution in [3.8, 4) is 12.1 Å². The molecule has 0 bridgehead atoms. The largest absolute Gasteiger partial charge is 0.367 e. The first-order valence-electron chi connectivity index (χ1n) is 9.49. The van der Waals surface area contributed by atoms with Crippen molar-refractivity contribution in [3.63, 3.8) is 0 Å². The Hall–Kier alpha value is -3.46. The minimum atomic E-state index is -3.72. The van der Waals surface area contributed by atoms with Gasteiger partial charge in [0.15, 0.2) is 0 Å². The van der Waals surface area contributed by atoms with Crippen LogP contribution in [0.4, 0.5) is 5.69 Å². The molecule has 150 valence electrons. The van der Waals surface area contributed by atoms with Crippen LogP contribution in [0.3, 0.4) is 0 Å². The number of hydrogen-bond acceptors (Lipinski definition) is 6. The normalized spacial score (nSPS) is 15.0. The summed E-state index contributed by atoms with van der Waals surface area (Å²) in [6.07, 6.45) is 1.67. The summed E-state index contributed by atoms with van der Waals surface area (Å²) < 4.78 is 28.1. The molecule has 1 aromatic heterocycles. The van der Waals surface area contributed by atoms with Gasteiger partial charge in [-0.2, -0.15) is 14.8 Å². The predicted molar refractivity (Wildman–Crippen MR) is 113 cm³/mol. The molecular weight excluding hydrogens is 398 g/mol. The van der Waals surface area contributed by atoms with E-state index in [9.17, 15) is 18.9 Å². The summed E-state index contributed by atoms with van der Waals surface area (Å²) in [7, 11) is -3.72. The number of benzene rings is 2. The highest BCUT2D eigenvalue weighted by Gasteiger charge is 2.31. The SMILES string of the molecule is Cc1cnc2c(S(=O)(=O)N3CCN(c4c(C#N)cccc4C#N)CC3)cccc2c1. The van der Waals surface area contributed by atoms with Gasteiger partial charge < -0.3 is 4.90 Å². The molecule has 1 saturated heterocycles. The monoisotopic (exact) mass is 417 g/mol. The van der Waals surface area contributed by atoms with Crippen LogP contribution >= 0.6 is 0 Å². The van der Waals surface area contributed by atoms with Gasteiger partial charge in [-0.1, -0.05) is 18.2 Å². The molecule has 3 aromatic rings. The summed E-state index contributed by atoms with van der Waals surface area (Å²) in [6.45, 7) is 3.22. The molecule has 30 heavy (non-hydrogen) atoms. The zero-order valence-corrected chi connectivity index (χ0v) is 17.2. The Labute approximate surface area is 175 Å². The average molecular weight is 417 g/mol. The lowest BCUT2D eigenvalue weighted by Crippen LogP contribution is -2.49. The van der Waals surface area contributed by atoms with Crippen molar-refractivity contribution in [2.45, 2.75) is 11.8 Å². The third-order valence-corrected chi connectivity index (χ3v) is 7.19. The molecular formula is C22H19N5O2S. The van der Waals surface area contributed by atoms with E-state index in [-0.39, 0.29) is 18.0 Å². The van der Waals surface area contributed by atoms with Crippen molar-refractivity contribution in [2.24, 2.45) is 0 Å². The van der Waals surface area contributed by atoms with Crippen LogP contribution in [0.5, 0.6) is 0 Å². The van der Waals surface area contributed by atoms with Crippen LogP contribution in [-0.2, 0) is 10.0 Å². The van der Waals surface area contributed by atoms with Gasteiger partial charge >= 0.3 is 0 Å². The maximum absolute atomic E-state index is 13.3. The molecule has 7 nitrogen and oxygen atoms in total. The van der Waals surface area contributed by atoms with Crippen molar-refractivity contribution in [1.29, 1.82) is 10.5 Å². The summed E-state index contributed by atoms with van der Waals surface area (Å²) in [5.41, 5.74) is 2.84. The maximum Gasteiger partial charge on any atom is 0.245 e. The van der Waals surface area contributed by atoms with Gasteiger partial charge in [0.05, 0.1) is 22.3 Å². The molecule has 8 heteroatoms.